The maximum atomic E-state index is 13.2. The second-order valence-corrected chi connectivity index (χ2v) is 11.5. The van der Waals surface area contributed by atoms with Gasteiger partial charge in [0.1, 0.15) is 16.5 Å². The summed E-state index contributed by atoms with van der Waals surface area (Å²) in [6.07, 6.45) is 3.49. The number of benzene rings is 2. The van der Waals surface area contributed by atoms with E-state index in [1.165, 1.54) is 23.1 Å². The van der Waals surface area contributed by atoms with Gasteiger partial charge in [0.15, 0.2) is 11.0 Å². The largest absolute Gasteiger partial charge is 0.495 e. The van der Waals surface area contributed by atoms with Crippen LogP contribution in [0, 0.1) is 0 Å². The van der Waals surface area contributed by atoms with Gasteiger partial charge in [0.25, 0.3) is 5.91 Å². The monoisotopic (exact) mass is 603 g/mol. The lowest BCUT2D eigenvalue weighted by atomic mass is 10.2. The Kier molecular flexibility index (Phi) is 8.17. The molecule has 3 aromatic heterocycles. The van der Waals surface area contributed by atoms with Crippen LogP contribution in [0.1, 0.15) is 15.5 Å². The Hall–Kier alpha value is -3.93. The second kappa shape index (κ2) is 12.3. The van der Waals surface area contributed by atoms with E-state index in [0.717, 1.165) is 40.1 Å². The zero-order chi connectivity index (χ0) is 28.2. The molecule has 0 radical (unpaired) electrons. The zero-order valence-electron chi connectivity index (χ0n) is 22.2. The minimum Gasteiger partial charge on any atom is -0.495 e. The van der Waals surface area contributed by atoms with E-state index in [1.807, 2.05) is 75.5 Å². The molecule has 9 nitrogen and oxygen atoms in total. The molecule has 0 N–H and O–H groups in total. The maximum absolute atomic E-state index is 13.2. The predicted molar refractivity (Wildman–Crippen MR) is 162 cm³/mol. The lowest BCUT2D eigenvalue weighted by Gasteiger charge is -2.36. The molecule has 1 saturated heterocycles. The van der Waals surface area contributed by atoms with Crippen LogP contribution in [0.3, 0.4) is 0 Å². The van der Waals surface area contributed by atoms with Crippen LogP contribution in [0.2, 0.25) is 5.02 Å². The first-order valence-electron chi connectivity index (χ1n) is 13.0. The topological polar surface area (TPSA) is 89.3 Å². The first kappa shape index (κ1) is 27.3. The molecule has 0 aliphatic carbocycles. The highest BCUT2D eigenvalue weighted by molar-refractivity contribution is 7.98. The molecular weight excluding hydrogens is 578 g/mol. The van der Waals surface area contributed by atoms with Gasteiger partial charge in [0.05, 0.1) is 29.3 Å². The van der Waals surface area contributed by atoms with Crippen molar-refractivity contribution in [2.75, 3.05) is 38.2 Å². The summed E-state index contributed by atoms with van der Waals surface area (Å²) in [7, 11) is 1.64. The molecule has 208 valence electrons. The number of thiazole rings is 1. The number of carbonyl (C=O) groups excluding carboxylic acids is 1. The van der Waals surface area contributed by atoms with Crippen molar-refractivity contribution in [1.29, 1.82) is 0 Å². The Balaban J connectivity index is 1.16. The molecule has 0 spiro atoms. The van der Waals surface area contributed by atoms with E-state index in [9.17, 15) is 4.79 Å². The van der Waals surface area contributed by atoms with Crippen LogP contribution in [-0.4, -0.2) is 68.8 Å². The molecule has 0 atom stereocenters. The van der Waals surface area contributed by atoms with Crippen LogP contribution in [0.15, 0.2) is 83.6 Å². The first-order valence-corrected chi connectivity index (χ1v) is 15.2. The van der Waals surface area contributed by atoms with E-state index in [2.05, 4.69) is 25.1 Å². The Bertz CT molecular complexity index is 1650. The number of methoxy groups -OCH3 is 1. The number of aromatic nitrogens is 5. The van der Waals surface area contributed by atoms with Crippen molar-refractivity contribution in [1.82, 2.24) is 29.6 Å². The Morgan fingerprint density at radius 2 is 1.78 bits per heavy atom. The van der Waals surface area contributed by atoms with E-state index in [0.29, 0.717) is 41.3 Å². The van der Waals surface area contributed by atoms with E-state index in [4.69, 9.17) is 16.3 Å². The lowest BCUT2D eigenvalue weighted by Crippen LogP contribution is -2.49. The fourth-order valence-corrected chi connectivity index (χ4v) is 6.69. The van der Waals surface area contributed by atoms with Gasteiger partial charge < -0.3 is 14.5 Å². The smallest absolute Gasteiger partial charge is 0.273 e. The molecule has 0 saturated carbocycles. The van der Waals surface area contributed by atoms with Crippen molar-refractivity contribution in [2.24, 2.45) is 0 Å². The number of anilines is 1. The number of ether oxygens (including phenoxy) is 1. The average Bonchev–Trinajstić information content (AvgIpc) is 3.68. The number of piperazine rings is 1. The number of carbonyl (C=O) groups is 1. The third-order valence-electron chi connectivity index (χ3n) is 6.73. The summed E-state index contributed by atoms with van der Waals surface area (Å²) in [5.74, 6) is 1.86. The molecule has 1 aliphatic heterocycles. The standard InChI is InChI=1S/C29H26ClN7O2S2/c1-39-25-11-5-4-10-24(25)37-27(20-7-6-12-31-17-20)33-34-29(37)41-19-26-32-22(18-40-26)28(38)36-15-13-35(14-16-36)23-9-3-2-8-21(23)30/h2-12,17-18H,13-16,19H2,1H3. The van der Waals surface area contributed by atoms with Gasteiger partial charge in [-0.25, -0.2) is 4.98 Å². The van der Waals surface area contributed by atoms with Gasteiger partial charge in [0.2, 0.25) is 0 Å². The number of hydrogen-bond donors (Lipinski definition) is 0. The molecule has 1 fully saturated rings. The van der Waals surface area contributed by atoms with Gasteiger partial charge in [-0.3, -0.25) is 14.3 Å². The predicted octanol–water partition coefficient (Wildman–Crippen LogP) is 5.70. The molecule has 1 amide bonds. The summed E-state index contributed by atoms with van der Waals surface area (Å²) in [5.41, 5.74) is 3.14. The summed E-state index contributed by atoms with van der Waals surface area (Å²) < 4.78 is 7.61. The summed E-state index contributed by atoms with van der Waals surface area (Å²) >= 11 is 9.35. The van der Waals surface area contributed by atoms with Gasteiger partial charge in [0, 0.05) is 49.5 Å². The van der Waals surface area contributed by atoms with Gasteiger partial charge >= 0.3 is 0 Å². The molecule has 41 heavy (non-hydrogen) atoms. The Morgan fingerprint density at radius 1 is 1.00 bits per heavy atom. The van der Waals surface area contributed by atoms with Crippen molar-refractivity contribution in [3.05, 3.63) is 94.2 Å². The van der Waals surface area contributed by atoms with E-state index in [-0.39, 0.29) is 5.91 Å². The number of hydrogen-bond acceptors (Lipinski definition) is 9. The first-order chi connectivity index (χ1) is 20.1. The molecule has 0 unspecified atom stereocenters. The molecule has 0 bridgehead atoms. The number of thioether (sulfide) groups is 1. The van der Waals surface area contributed by atoms with Crippen LogP contribution in [-0.2, 0) is 5.75 Å². The van der Waals surface area contributed by atoms with Crippen LogP contribution in [0.25, 0.3) is 17.1 Å². The van der Waals surface area contributed by atoms with Crippen LogP contribution < -0.4 is 9.64 Å². The van der Waals surface area contributed by atoms with Gasteiger partial charge in [-0.05, 0) is 36.4 Å². The number of halogens is 1. The van der Waals surface area contributed by atoms with Gasteiger partial charge in [-0.15, -0.1) is 21.5 Å². The van der Waals surface area contributed by atoms with E-state index >= 15 is 0 Å². The molecule has 12 heteroatoms. The van der Waals surface area contributed by atoms with Crippen molar-refractivity contribution < 1.29 is 9.53 Å². The highest BCUT2D eigenvalue weighted by atomic mass is 35.5. The number of pyridine rings is 1. The summed E-state index contributed by atoms with van der Waals surface area (Å²) in [5, 5.41) is 13.1. The van der Waals surface area contributed by atoms with E-state index in [1.54, 1.807) is 19.5 Å². The number of nitrogens with zero attached hydrogens (tertiary/aromatic N) is 7. The third kappa shape index (κ3) is 5.79. The van der Waals surface area contributed by atoms with Crippen molar-refractivity contribution in [3.63, 3.8) is 0 Å². The summed E-state index contributed by atoms with van der Waals surface area (Å²) in [6.45, 7) is 2.68. The SMILES string of the molecule is COc1ccccc1-n1c(SCc2nc(C(=O)N3CCN(c4ccccc4Cl)CC3)cs2)nnc1-c1cccnc1. The number of amides is 1. The van der Waals surface area contributed by atoms with Crippen molar-refractivity contribution in [3.8, 4) is 22.8 Å². The highest BCUT2D eigenvalue weighted by Gasteiger charge is 2.25. The van der Waals surface area contributed by atoms with Gasteiger partial charge in [-0.2, -0.15) is 0 Å². The second-order valence-electron chi connectivity index (χ2n) is 9.20. The van der Waals surface area contributed by atoms with E-state index < -0.39 is 0 Å². The van der Waals surface area contributed by atoms with Crippen LogP contribution in [0.4, 0.5) is 5.69 Å². The van der Waals surface area contributed by atoms with Gasteiger partial charge in [-0.1, -0.05) is 47.6 Å². The zero-order valence-corrected chi connectivity index (χ0v) is 24.6. The third-order valence-corrected chi connectivity index (χ3v) is 9.03. The Morgan fingerprint density at radius 3 is 2.54 bits per heavy atom. The molecule has 2 aromatic carbocycles. The quantitative estimate of drug-likeness (QED) is 0.209. The van der Waals surface area contributed by atoms with Crippen molar-refractivity contribution >= 4 is 46.3 Å². The molecule has 5 aromatic rings. The molecule has 6 rings (SSSR count). The molecule has 1 aliphatic rings. The highest BCUT2D eigenvalue weighted by Crippen LogP contribution is 2.34. The maximum Gasteiger partial charge on any atom is 0.273 e. The molecular formula is C29H26ClN7O2S2. The average molecular weight is 604 g/mol. The fraction of sp³-hybridized carbons (Fsp3) is 0.207. The van der Waals surface area contributed by atoms with Crippen LogP contribution in [0.5, 0.6) is 5.75 Å². The van der Waals surface area contributed by atoms with Crippen LogP contribution >= 0.6 is 34.7 Å². The normalized spacial score (nSPS) is 13.4. The number of rotatable bonds is 8. The van der Waals surface area contributed by atoms with Crippen molar-refractivity contribution in [2.45, 2.75) is 10.9 Å². The minimum absolute atomic E-state index is 0.0487. The molecule has 4 heterocycles. The lowest BCUT2D eigenvalue weighted by molar-refractivity contribution is 0.0741. The minimum atomic E-state index is -0.0487. The fourth-order valence-electron chi connectivity index (χ4n) is 4.70. The summed E-state index contributed by atoms with van der Waals surface area (Å²) in [4.78, 5) is 26.2. The summed E-state index contributed by atoms with van der Waals surface area (Å²) in [6, 6.07) is 19.4. The number of para-hydroxylation sites is 3. The Labute approximate surface area is 250 Å².